The van der Waals surface area contributed by atoms with Crippen LogP contribution >= 0.6 is 0 Å². The molecule has 2 unspecified atom stereocenters. The maximum Gasteiger partial charge on any atom is 0.0294 e. The van der Waals surface area contributed by atoms with Crippen molar-refractivity contribution in [3.63, 3.8) is 0 Å². The molecule has 0 aliphatic rings. The van der Waals surface area contributed by atoms with Crippen molar-refractivity contribution in [2.45, 2.75) is 71.3 Å². The second kappa shape index (κ2) is 8.31. The van der Waals surface area contributed by atoms with Gasteiger partial charge in [-0.1, -0.05) is 70.7 Å². The summed E-state index contributed by atoms with van der Waals surface area (Å²) in [6, 6.07) is 9.14. The molecule has 1 rings (SSSR count). The molecule has 1 aromatic rings. The summed E-state index contributed by atoms with van der Waals surface area (Å²) >= 11 is 0. The predicted octanol–water partition coefficient (Wildman–Crippen LogP) is 5.17. The van der Waals surface area contributed by atoms with Gasteiger partial charge in [-0.2, -0.15) is 0 Å². The molecule has 0 spiro atoms. The Kier molecular flexibility index (Phi) is 7.04. The van der Waals surface area contributed by atoms with Crippen molar-refractivity contribution in [2.75, 3.05) is 0 Å². The third-order valence-electron chi connectivity index (χ3n) is 3.91. The van der Waals surface area contributed by atoms with Crippen LogP contribution in [-0.4, -0.2) is 0 Å². The molecule has 1 heteroatoms. The van der Waals surface area contributed by atoms with Crippen LogP contribution in [0.25, 0.3) is 0 Å². The molecule has 0 heterocycles. The van der Waals surface area contributed by atoms with Gasteiger partial charge in [0.15, 0.2) is 0 Å². The lowest BCUT2D eigenvalue weighted by Gasteiger charge is -2.14. The Morgan fingerprint density at radius 2 is 1.56 bits per heavy atom. The van der Waals surface area contributed by atoms with Crippen molar-refractivity contribution in [3.05, 3.63) is 35.4 Å². The summed E-state index contributed by atoms with van der Waals surface area (Å²) in [7, 11) is 0. The van der Waals surface area contributed by atoms with Gasteiger partial charge in [-0.05, 0) is 29.9 Å². The normalized spacial score (nSPS) is 14.4. The van der Waals surface area contributed by atoms with E-state index in [1.807, 2.05) is 0 Å². The van der Waals surface area contributed by atoms with E-state index >= 15 is 0 Å². The summed E-state index contributed by atoms with van der Waals surface area (Å²) in [4.78, 5) is 0. The zero-order chi connectivity index (χ0) is 13.4. The smallest absolute Gasteiger partial charge is 0.0294 e. The van der Waals surface area contributed by atoms with Crippen molar-refractivity contribution >= 4 is 0 Å². The van der Waals surface area contributed by atoms with Gasteiger partial charge >= 0.3 is 0 Å². The summed E-state index contributed by atoms with van der Waals surface area (Å²) in [5.41, 5.74) is 8.96. The summed E-state index contributed by atoms with van der Waals surface area (Å²) in [5.74, 6) is 0.653. The molecule has 0 aromatic heterocycles. The Bertz CT molecular complexity index is 315. The van der Waals surface area contributed by atoms with Crippen LogP contribution in [0.15, 0.2) is 24.3 Å². The predicted molar refractivity (Wildman–Crippen MR) is 80.8 cm³/mol. The molecular weight excluding hydrogens is 218 g/mol. The topological polar surface area (TPSA) is 26.0 Å². The van der Waals surface area contributed by atoms with E-state index < -0.39 is 0 Å². The molecule has 2 atom stereocenters. The number of nitrogens with two attached hydrogens (primary N) is 1. The molecule has 0 bridgehead atoms. The monoisotopic (exact) mass is 247 g/mol. The number of hydrogen-bond donors (Lipinski definition) is 1. The van der Waals surface area contributed by atoms with Crippen molar-refractivity contribution in [1.82, 2.24) is 0 Å². The highest BCUT2D eigenvalue weighted by atomic mass is 14.6. The number of unbranched alkanes of at least 4 members (excludes halogenated alkanes) is 3. The highest BCUT2D eigenvalue weighted by Crippen LogP contribution is 2.22. The molecule has 1 aromatic carbocycles. The van der Waals surface area contributed by atoms with E-state index in [0.29, 0.717) is 5.92 Å². The summed E-state index contributed by atoms with van der Waals surface area (Å²) in [6.45, 7) is 6.76. The van der Waals surface area contributed by atoms with E-state index in [2.05, 4.69) is 45.0 Å². The number of hydrogen-bond acceptors (Lipinski definition) is 1. The first-order valence-corrected chi connectivity index (χ1v) is 7.54. The van der Waals surface area contributed by atoms with Crippen molar-refractivity contribution in [1.29, 1.82) is 0 Å². The van der Waals surface area contributed by atoms with Crippen LogP contribution in [0, 0.1) is 0 Å². The fourth-order valence-electron chi connectivity index (χ4n) is 2.27. The Morgan fingerprint density at radius 3 is 2.11 bits per heavy atom. The fourth-order valence-corrected chi connectivity index (χ4v) is 2.27. The molecule has 102 valence electrons. The lowest BCUT2D eigenvalue weighted by molar-refractivity contribution is 0.566. The van der Waals surface area contributed by atoms with Crippen LogP contribution in [0.5, 0.6) is 0 Å². The zero-order valence-electron chi connectivity index (χ0n) is 12.3. The molecule has 18 heavy (non-hydrogen) atoms. The van der Waals surface area contributed by atoms with Gasteiger partial charge in [0.1, 0.15) is 0 Å². The lowest BCUT2D eigenvalue weighted by Crippen LogP contribution is -2.10. The van der Waals surface area contributed by atoms with Crippen LogP contribution in [0.3, 0.4) is 0 Å². The minimum atomic E-state index is 0.216. The van der Waals surface area contributed by atoms with Gasteiger partial charge in [0, 0.05) is 6.04 Å². The minimum Gasteiger partial charge on any atom is -0.324 e. The van der Waals surface area contributed by atoms with Gasteiger partial charge in [0.25, 0.3) is 0 Å². The van der Waals surface area contributed by atoms with Crippen LogP contribution in [-0.2, 0) is 0 Å². The van der Waals surface area contributed by atoms with E-state index in [-0.39, 0.29) is 6.04 Å². The third kappa shape index (κ3) is 4.81. The first-order valence-electron chi connectivity index (χ1n) is 7.54. The summed E-state index contributed by atoms with van der Waals surface area (Å²) < 4.78 is 0. The molecule has 1 nitrogen and oxygen atoms in total. The van der Waals surface area contributed by atoms with Gasteiger partial charge in [-0.15, -0.1) is 0 Å². The average molecular weight is 247 g/mol. The molecule has 0 saturated heterocycles. The summed E-state index contributed by atoms with van der Waals surface area (Å²) in [5, 5.41) is 0. The summed E-state index contributed by atoms with van der Waals surface area (Å²) in [6.07, 6.45) is 7.50. The van der Waals surface area contributed by atoms with E-state index in [0.717, 1.165) is 6.42 Å². The quantitative estimate of drug-likeness (QED) is 0.630. The first kappa shape index (κ1) is 15.2. The zero-order valence-corrected chi connectivity index (χ0v) is 12.3. The lowest BCUT2D eigenvalue weighted by atomic mass is 9.95. The Labute approximate surface area is 113 Å². The fraction of sp³-hybridized carbons (Fsp3) is 0.647. The standard InChI is InChI=1S/C17H29N/c1-4-6-7-8-9-17(18)16-12-10-15(11-13-16)14(3)5-2/h10-14,17H,4-9,18H2,1-3H3. The molecule has 0 amide bonds. The van der Waals surface area contributed by atoms with Crippen molar-refractivity contribution in [3.8, 4) is 0 Å². The second-order valence-electron chi connectivity index (χ2n) is 5.43. The van der Waals surface area contributed by atoms with Gasteiger partial charge in [-0.25, -0.2) is 0 Å². The molecule has 0 saturated carbocycles. The van der Waals surface area contributed by atoms with Crippen LogP contribution in [0.2, 0.25) is 0 Å². The van der Waals surface area contributed by atoms with Crippen LogP contribution in [0.1, 0.15) is 82.4 Å². The Hall–Kier alpha value is -0.820. The molecule has 0 fully saturated rings. The van der Waals surface area contributed by atoms with Crippen LogP contribution < -0.4 is 5.73 Å². The number of benzene rings is 1. The largest absolute Gasteiger partial charge is 0.324 e. The molecule has 2 N–H and O–H groups in total. The second-order valence-corrected chi connectivity index (χ2v) is 5.43. The number of rotatable bonds is 8. The SMILES string of the molecule is CCCCCCC(N)c1ccc(C(C)CC)cc1. The average Bonchev–Trinajstić information content (AvgIpc) is 2.42. The molecule has 0 aliphatic carbocycles. The van der Waals surface area contributed by atoms with E-state index in [4.69, 9.17) is 5.73 Å². The Morgan fingerprint density at radius 1 is 0.944 bits per heavy atom. The maximum absolute atomic E-state index is 6.24. The van der Waals surface area contributed by atoms with Crippen molar-refractivity contribution in [2.24, 2.45) is 5.73 Å². The molecule has 0 radical (unpaired) electrons. The van der Waals surface area contributed by atoms with Gasteiger partial charge in [-0.3, -0.25) is 0 Å². The van der Waals surface area contributed by atoms with Gasteiger partial charge < -0.3 is 5.73 Å². The van der Waals surface area contributed by atoms with E-state index in [9.17, 15) is 0 Å². The van der Waals surface area contributed by atoms with Gasteiger partial charge in [0.2, 0.25) is 0 Å². The van der Waals surface area contributed by atoms with Crippen LogP contribution in [0.4, 0.5) is 0 Å². The minimum absolute atomic E-state index is 0.216. The first-order chi connectivity index (χ1) is 8.69. The van der Waals surface area contributed by atoms with Gasteiger partial charge in [0.05, 0.1) is 0 Å². The Balaban J connectivity index is 2.46. The van der Waals surface area contributed by atoms with Crippen molar-refractivity contribution < 1.29 is 0 Å². The molecular formula is C17H29N. The van der Waals surface area contributed by atoms with E-state index in [1.54, 1.807) is 0 Å². The maximum atomic E-state index is 6.24. The van der Waals surface area contributed by atoms with E-state index in [1.165, 1.54) is 43.2 Å². The third-order valence-corrected chi connectivity index (χ3v) is 3.91. The molecule has 0 aliphatic heterocycles. The highest BCUT2D eigenvalue weighted by Gasteiger charge is 2.07. The highest BCUT2D eigenvalue weighted by molar-refractivity contribution is 5.26.